The van der Waals surface area contributed by atoms with Crippen LogP contribution in [0.3, 0.4) is 0 Å². The third-order valence-electron chi connectivity index (χ3n) is 2.01. The number of hydrogen-bond donors (Lipinski definition) is 1. The van der Waals surface area contributed by atoms with Crippen molar-refractivity contribution in [1.82, 2.24) is 9.78 Å². The van der Waals surface area contributed by atoms with Crippen LogP contribution in [0.1, 0.15) is 0 Å². The molecule has 1 aromatic heterocycles. The van der Waals surface area contributed by atoms with Crippen LogP contribution in [-0.4, -0.2) is 14.9 Å². The van der Waals surface area contributed by atoms with Crippen molar-refractivity contribution >= 4 is 15.9 Å². The summed E-state index contributed by atoms with van der Waals surface area (Å²) in [5.41, 5.74) is 2.04. The molecule has 0 spiro atoms. The van der Waals surface area contributed by atoms with Crippen LogP contribution < -0.4 is 0 Å². The molecule has 1 N–H and O–H groups in total. The van der Waals surface area contributed by atoms with E-state index >= 15 is 0 Å². The van der Waals surface area contributed by atoms with Gasteiger partial charge in [-0.2, -0.15) is 5.10 Å². The van der Waals surface area contributed by atoms with Gasteiger partial charge in [0.15, 0.2) is 0 Å². The van der Waals surface area contributed by atoms with Gasteiger partial charge in [0.1, 0.15) is 10.4 Å². The summed E-state index contributed by atoms with van der Waals surface area (Å²) in [6, 6.07) is 8.98. The summed E-state index contributed by atoms with van der Waals surface area (Å²) in [6.07, 6.45) is 0. The molecule has 0 atom stereocenters. The molecule has 4 heteroatoms. The normalized spacial score (nSPS) is 10.4. The highest BCUT2D eigenvalue weighted by molar-refractivity contribution is 9.10. The topological polar surface area (TPSA) is 38.0 Å². The van der Waals surface area contributed by atoms with E-state index in [-0.39, 0.29) is 5.75 Å². The molecule has 1 aromatic carbocycles. The van der Waals surface area contributed by atoms with Crippen LogP contribution in [-0.2, 0) is 7.05 Å². The van der Waals surface area contributed by atoms with E-state index in [0.29, 0.717) is 0 Å². The average molecular weight is 253 g/mol. The van der Waals surface area contributed by atoms with Crippen molar-refractivity contribution in [3.8, 4) is 17.0 Å². The first-order valence-corrected chi connectivity index (χ1v) is 4.95. The lowest BCUT2D eigenvalue weighted by Gasteiger charge is -2.01. The Kier molecular flexibility index (Phi) is 2.29. The van der Waals surface area contributed by atoms with Crippen LogP contribution in [0.2, 0.25) is 0 Å². The van der Waals surface area contributed by atoms with Gasteiger partial charge in [-0.1, -0.05) is 0 Å². The van der Waals surface area contributed by atoms with E-state index in [4.69, 9.17) is 5.11 Å². The van der Waals surface area contributed by atoms with Crippen molar-refractivity contribution < 1.29 is 5.11 Å². The molecule has 1 heterocycles. The van der Waals surface area contributed by atoms with E-state index in [1.165, 1.54) is 0 Å². The van der Waals surface area contributed by atoms with Crippen LogP contribution in [0.4, 0.5) is 0 Å². The van der Waals surface area contributed by atoms with Gasteiger partial charge in [-0.05, 0) is 46.3 Å². The molecule has 0 bridgehead atoms. The minimum Gasteiger partial charge on any atom is -0.508 e. The Morgan fingerprint density at radius 2 is 1.93 bits per heavy atom. The zero-order valence-corrected chi connectivity index (χ0v) is 9.19. The SMILES string of the molecule is Cn1nc(Br)cc1-c1ccc(O)cc1. The smallest absolute Gasteiger partial charge is 0.128 e. The molecule has 2 aromatic rings. The van der Waals surface area contributed by atoms with Gasteiger partial charge in [0.2, 0.25) is 0 Å². The summed E-state index contributed by atoms with van der Waals surface area (Å²) in [5.74, 6) is 0.273. The minimum absolute atomic E-state index is 0.273. The largest absolute Gasteiger partial charge is 0.508 e. The molecule has 0 aliphatic carbocycles. The first kappa shape index (κ1) is 9.27. The summed E-state index contributed by atoms with van der Waals surface area (Å²) in [4.78, 5) is 0. The Balaban J connectivity index is 2.49. The fourth-order valence-corrected chi connectivity index (χ4v) is 1.79. The summed E-state index contributed by atoms with van der Waals surface area (Å²) >= 11 is 3.31. The maximum absolute atomic E-state index is 9.15. The first-order chi connectivity index (χ1) is 6.66. The molecule has 3 nitrogen and oxygen atoms in total. The van der Waals surface area contributed by atoms with Gasteiger partial charge in [0, 0.05) is 12.6 Å². The Morgan fingerprint density at radius 1 is 1.29 bits per heavy atom. The van der Waals surface area contributed by atoms with Crippen LogP contribution in [0, 0.1) is 0 Å². The van der Waals surface area contributed by atoms with Crippen molar-refractivity contribution in [2.45, 2.75) is 0 Å². The van der Waals surface area contributed by atoms with Crippen LogP contribution in [0.25, 0.3) is 11.3 Å². The fourth-order valence-electron chi connectivity index (χ4n) is 1.33. The average Bonchev–Trinajstić information content (AvgIpc) is 2.47. The predicted molar refractivity (Wildman–Crippen MR) is 58.0 cm³/mol. The standard InChI is InChI=1S/C10H9BrN2O/c1-13-9(6-10(11)12-13)7-2-4-8(14)5-3-7/h2-6,14H,1H3. The number of aromatic hydroxyl groups is 1. The van der Waals surface area contributed by atoms with Gasteiger partial charge >= 0.3 is 0 Å². The molecule has 2 rings (SSSR count). The number of hydrogen-bond acceptors (Lipinski definition) is 2. The third kappa shape index (κ3) is 1.65. The predicted octanol–water partition coefficient (Wildman–Crippen LogP) is 2.56. The van der Waals surface area contributed by atoms with E-state index in [9.17, 15) is 0 Å². The van der Waals surface area contributed by atoms with Crippen molar-refractivity contribution in [2.75, 3.05) is 0 Å². The van der Waals surface area contributed by atoms with Gasteiger partial charge in [0.25, 0.3) is 0 Å². The Hall–Kier alpha value is -1.29. The quantitative estimate of drug-likeness (QED) is 0.848. The minimum atomic E-state index is 0.273. The van der Waals surface area contributed by atoms with Gasteiger partial charge in [-0.3, -0.25) is 4.68 Å². The highest BCUT2D eigenvalue weighted by Gasteiger charge is 2.04. The zero-order valence-electron chi connectivity index (χ0n) is 7.61. The lowest BCUT2D eigenvalue weighted by molar-refractivity contribution is 0.475. The second-order valence-corrected chi connectivity index (χ2v) is 3.84. The lowest BCUT2D eigenvalue weighted by Crippen LogP contribution is -1.92. The van der Waals surface area contributed by atoms with Crippen LogP contribution in [0.5, 0.6) is 5.75 Å². The lowest BCUT2D eigenvalue weighted by atomic mass is 10.1. The van der Waals surface area contributed by atoms with Gasteiger partial charge in [0.05, 0.1) is 5.69 Å². The molecule has 0 radical (unpaired) electrons. The van der Waals surface area contributed by atoms with Crippen LogP contribution in [0.15, 0.2) is 34.9 Å². The molecule has 0 fully saturated rings. The Bertz CT molecular complexity index is 448. The number of benzene rings is 1. The van der Waals surface area contributed by atoms with Crippen molar-refractivity contribution in [2.24, 2.45) is 7.05 Å². The van der Waals surface area contributed by atoms with Crippen LogP contribution >= 0.6 is 15.9 Å². The zero-order chi connectivity index (χ0) is 10.1. The molecule has 0 aliphatic rings. The Labute approximate surface area is 90.1 Å². The molecular weight excluding hydrogens is 244 g/mol. The highest BCUT2D eigenvalue weighted by Crippen LogP contribution is 2.23. The number of phenolic OH excluding ortho intramolecular Hbond substituents is 1. The van der Waals surface area contributed by atoms with Crippen molar-refractivity contribution in [3.05, 3.63) is 34.9 Å². The highest BCUT2D eigenvalue weighted by atomic mass is 79.9. The summed E-state index contributed by atoms with van der Waals surface area (Å²) < 4.78 is 2.60. The number of aryl methyl sites for hydroxylation is 1. The summed E-state index contributed by atoms with van der Waals surface area (Å²) in [7, 11) is 1.88. The molecule has 0 saturated carbocycles. The Morgan fingerprint density at radius 3 is 2.43 bits per heavy atom. The number of nitrogens with zero attached hydrogens (tertiary/aromatic N) is 2. The third-order valence-corrected chi connectivity index (χ3v) is 2.40. The van der Waals surface area contributed by atoms with E-state index in [1.54, 1.807) is 16.8 Å². The maximum atomic E-state index is 9.15. The van der Waals surface area contributed by atoms with Crippen molar-refractivity contribution in [1.29, 1.82) is 0 Å². The second-order valence-electron chi connectivity index (χ2n) is 3.02. The molecule has 72 valence electrons. The number of rotatable bonds is 1. The molecule has 0 amide bonds. The number of phenols is 1. The van der Waals surface area contributed by atoms with Gasteiger partial charge in [-0.25, -0.2) is 0 Å². The molecular formula is C10H9BrN2O. The van der Waals surface area contributed by atoms with E-state index in [0.717, 1.165) is 15.9 Å². The molecule has 0 unspecified atom stereocenters. The fraction of sp³-hybridized carbons (Fsp3) is 0.100. The molecule has 0 saturated heterocycles. The van der Waals surface area contributed by atoms with E-state index in [1.807, 2.05) is 25.2 Å². The number of aromatic nitrogens is 2. The monoisotopic (exact) mass is 252 g/mol. The van der Waals surface area contributed by atoms with Gasteiger partial charge < -0.3 is 5.11 Å². The van der Waals surface area contributed by atoms with E-state index < -0.39 is 0 Å². The second kappa shape index (κ2) is 3.46. The molecule has 14 heavy (non-hydrogen) atoms. The summed E-state index contributed by atoms with van der Waals surface area (Å²) in [6.45, 7) is 0. The summed E-state index contributed by atoms with van der Waals surface area (Å²) in [5, 5.41) is 13.3. The van der Waals surface area contributed by atoms with Crippen molar-refractivity contribution in [3.63, 3.8) is 0 Å². The van der Waals surface area contributed by atoms with E-state index in [2.05, 4.69) is 21.0 Å². The molecule has 0 aliphatic heterocycles. The first-order valence-electron chi connectivity index (χ1n) is 4.16. The number of halogens is 1. The maximum Gasteiger partial charge on any atom is 0.128 e. The van der Waals surface area contributed by atoms with Gasteiger partial charge in [-0.15, -0.1) is 0 Å².